The molecule has 1 aromatic heterocycles. The topological polar surface area (TPSA) is 87.9 Å². The van der Waals surface area contributed by atoms with E-state index in [1.807, 2.05) is 6.07 Å². The van der Waals surface area contributed by atoms with Gasteiger partial charge in [0.25, 0.3) is 0 Å². The van der Waals surface area contributed by atoms with E-state index in [0.717, 1.165) is 4.57 Å². The number of imidazole rings is 1. The summed E-state index contributed by atoms with van der Waals surface area (Å²) in [5, 5.41) is 9.15. The average Bonchev–Trinajstić information content (AvgIpc) is 3.22. The van der Waals surface area contributed by atoms with E-state index in [1.54, 1.807) is 0 Å². The van der Waals surface area contributed by atoms with Crippen molar-refractivity contribution in [3.63, 3.8) is 0 Å². The summed E-state index contributed by atoms with van der Waals surface area (Å²) in [4.78, 5) is 18.0. The lowest BCUT2D eigenvalue weighted by Gasteiger charge is -2.30. The van der Waals surface area contributed by atoms with Crippen molar-refractivity contribution < 1.29 is 31.1 Å². The van der Waals surface area contributed by atoms with E-state index in [-0.39, 0.29) is 67.4 Å². The molecular weight excluding hydrogens is 524 g/mol. The molecule has 1 aliphatic heterocycles. The summed E-state index contributed by atoms with van der Waals surface area (Å²) in [6.07, 6.45) is -5.27. The Morgan fingerprint density at radius 3 is 2.49 bits per heavy atom. The Kier molecular flexibility index (Phi) is 8.19. The number of hydrogen-bond donors (Lipinski definition) is 1. The van der Waals surface area contributed by atoms with Crippen molar-refractivity contribution in [2.45, 2.75) is 38.1 Å². The van der Waals surface area contributed by atoms with Crippen molar-refractivity contribution in [2.75, 3.05) is 6.54 Å². The van der Waals surface area contributed by atoms with Gasteiger partial charge in [-0.2, -0.15) is 18.4 Å². The van der Waals surface area contributed by atoms with E-state index < -0.39 is 41.4 Å². The van der Waals surface area contributed by atoms with Crippen molar-refractivity contribution in [1.29, 1.82) is 5.26 Å². The number of halogens is 7. The Morgan fingerprint density at radius 1 is 1.11 bits per heavy atom. The van der Waals surface area contributed by atoms with Gasteiger partial charge in [0.1, 0.15) is 5.82 Å². The molecule has 0 bridgehead atoms. The van der Waals surface area contributed by atoms with Crippen LogP contribution in [0.15, 0.2) is 36.4 Å². The highest BCUT2D eigenvalue weighted by atomic mass is 35.5. The SMILES string of the molecule is Cl.N#Cc1cccc(-c2nc(C(F)(F)F)n3c2CN(C(=O)C[C@H](N)Cc2cc(F)c(F)cc2F)CC3)c1. The van der Waals surface area contributed by atoms with Gasteiger partial charge in [0.2, 0.25) is 11.7 Å². The molecule has 2 heterocycles. The molecule has 0 saturated carbocycles. The fourth-order valence-corrected chi connectivity index (χ4v) is 4.19. The lowest BCUT2D eigenvalue weighted by Crippen LogP contribution is -2.42. The fourth-order valence-electron chi connectivity index (χ4n) is 4.19. The third-order valence-corrected chi connectivity index (χ3v) is 5.89. The minimum absolute atomic E-state index is 0. The number of nitrogens with zero attached hydrogens (tertiary/aromatic N) is 4. The maximum Gasteiger partial charge on any atom is 0.449 e. The first-order valence-electron chi connectivity index (χ1n) is 10.8. The highest BCUT2D eigenvalue weighted by Gasteiger charge is 2.40. The third kappa shape index (κ3) is 5.89. The number of hydrogen-bond acceptors (Lipinski definition) is 4. The zero-order chi connectivity index (χ0) is 26.2. The second-order valence-corrected chi connectivity index (χ2v) is 8.41. The largest absolute Gasteiger partial charge is 0.449 e. The number of alkyl halides is 3. The van der Waals surface area contributed by atoms with Gasteiger partial charge in [-0.3, -0.25) is 4.79 Å². The van der Waals surface area contributed by atoms with Crippen LogP contribution in [0.2, 0.25) is 0 Å². The van der Waals surface area contributed by atoms with Crippen molar-refractivity contribution in [3.05, 3.63) is 76.5 Å². The molecule has 1 aliphatic rings. The number of carbonyl (C=O) groups excluding carboxylic acids is 1. The molecule has 1 amide bonds. The molecule has 6 nitrogen and oxygen atoms in total. The molecule has 0 spiro atoms. The molecule has 2 aromatic carbocycles. The average molecular weight is 544 g/mol. The number of aromatic nitrogens is 2. The molecule has 1 atom stereocenters. The number of carbonyl (C=O) groups is 1. The molecule has 2 N–H and O–H groups in total. The zero-order valence-electron chi connectivity index (χ0n) is 19.0. The second-order valence-electron chi connectivity index (χ2n) is 8.41. The molecule has 0 radical (unpaired) electrons. The van der Waals surface area contributed by atoms with E-state index in [2.05, 4.69) is 4.98 Å². The Morgan fingerprint density at radius 2 is 1.81 bits per heavy atom. The van der Waals surface area contributed by atoms with E-state index in [4.69, 9.17) is 11.0 Å². The van der Waals surface area contributed by atoms with Gasteiger partial charge >= 0.3 is 6.18 Å². The Balaban J connectivity index is 0.00000380. The molecular formula is C24H20ClF6N5O. The van der Waals surface area contributed by atoms with Gasteiger partial charge in [0, 0.05) is 37.2 Å². The normalized spacial score (nSPS) is 13.9. The molecule has 4 rings (SSSR count). The summed E-state index contributed by atoms with van der Waals surface area (Å²) in [5.41, 5.74) is 6.45. The molecule has 0 unspecified atom stereocenters. The minimum Gasteiger partial charge on any atom is -0.335 e. The van der Waals surface area contributed by atoms with Crippen molar-refractivity contribution in [2.24, 2.45) is 5.73 Å². The number of fused-ring (bicyclic) bond motifs is 1. The number of benzene rings is 2. The summed E-state index contributed by atoms with van der Waals surface area (Å²) in [6, 6.07) is 8.02. The maximum absolute atomic E-state index is 13.9. The van der Waals surface area contributed by atoms with Gasteiger partial charge in [-0.05, 0) is 30.2 Å². The van der Waals surface area contributed by atoms with E-state index >= 15 is 0 Å². The fraction of sp³-hybridized carbons (Fsp3) is 0.292. The molecule has 196 valence electrons. The van der Waals surface area contributed by atoms with Gasteiger partial charge in [-0.15, -0.1) is 12.4 Å². The summed E-state index contributed by atoms with van der Waals surface area (Å²) >= 11 is 0. The van der Waals surface area contributed by atoms with Crippen LogP contribution >= 0.6 is 12.4 Å². The van der Waals surface area contributed by atoms with Crippen LogP contribution in [-0.2, 0) is 30.5 Å². The van der Waals surface area contributed by atoms with Crippen LogP contribution in [0.25, 0.3) is 11.3 Å². The molecule has 0 aliphatic carbocycles. The van der Waals surface area contributed by atoms with Gasteiger partial charge < -0.3 is 15.2 Å². The van der Waals surface area contributed by atoms with Crippen molar-refractivity contribution >= 4 is 18.3 Å². The van der Waals surface area contributed by atoms with Crippen LogP contribution in [0.5, 0.6) is 0 Å². The van der Waals surface area contributed by atoms with Gasteiger partial charge in [0.05, 0.1) is 29.6 Å². The number of nitriles is 1. The zero-order valence-corrected chi connectivity index (χ0v) is 19.8. The minimum atomic E-state index is -4.73. The van der Waals surface area contributed by atoms with Crippen LogP contribution in [-0.4, -0.2) is 32.9 Å². The first-order valence-corrected chi connectivity index (χ1v) is 10.8. The highest BCUT2D eigenvalue weighted by Crippen LogP contribution is 2.36. The van der Waals surface area contributed by atoms with Crippen LogP contribution in [0.4, 0.5) is 26.3 Å². The van der Waals surface area contributed by atoms with Crippen molar-refractivity contribution in [3.8, 4) is 17.3 Å². The molecule has 13 heteroatoms. The van der Waals surface area contributed by atoms with Crippen LogP contribution in [0, 0.1) is 28.8 Å². The van der Waals surface area contributed by atoms with E-state index in [9.17, 15) is 31.1 Å². The molecule has 0 saturated heterocycles. The van der Waals surface area contributed by atoms with Gasteiger partial charge in [0.15, 0.2) is 11.6 Å². The standard InChI is InChI=1S/C24H19F6N5O.ClH/c25-17-10-19(27)18(26)8-15(17)7-16(32)9-21(36)34-4-5-35-20(12-34)22(33-23(35)24(28,29)30)14-3-1-2-13(6-14)11-31;/h1-3,6,8,10,16H,4-5,7,9,12,32H2;1H/t16-;/m1./s1. The van der Waals surface area contributed by atoms with E-state index in [0.29, 0.717) is 17.7 Å². The Hall–Kier alpha value is -3.56. The second kappa shape index (κ2) is 10.8. The smallest absolute Gasteiger partial charge is 0.335 e. The number of nitrogens with two attached hydrogens (primary N) is 1. The third-order valence-electron chi connectivity index (χ3n) is 5.89. The predicted octanol–water partition coefficient (Wildman–Crippen LogP) is 4.58. The quantitative estimate of drug-likeness (QED) is 0.377. The summed E-state index contributed by atoms with van der Waals surface area (Å²) in [7, 11) is 0. The number of rotatable bonds is 5. The summed E-state index contributed by atoms with van der Waals surface area (Å²) in [5.74, 6) is -5.19. The monoisotopic (exact) mass is 543 g/mol. The predicted molar refractivity (Wildman–Crippen MR) is 123 cm³/mol. The lowest BCUT2D eigenvalue weighted by molar-refractivity contribution is -0.148. The van der Waals surface area contributed by atoms with Crippen molar-refractivity contribution in [1.82, 2.24) is 14.5 Å². The molecule has 3 aromatic rings. The summed E-state index contributed by atoms with van der Waals surface area (Å²) in [6.45, 7) is -0.413. The van der Waals surface area contributed by atoms with Crippen LogP contribution < -0.4 is 5.73 Å². The van der Waals surface area contributed by atoms with Crippen LogP contribution in [0.1, 0.15) is 29.1 Å². The lowest BCUT2D eigenvalue weighted by atomic mass is 10.0. The first kappa shape index (κ1) is 28.0. The van der Waals surface area contributed by atoms with Gasteiger partial charge in [-0.25, -0.2) is 18.2 Å². The Labute approximate surface area is 213 Å². The first-order chi connectivity index (χ1) is 17.0. The molecule has 37 heavy (non-hydrogen) atoms. The van der Waals surface area contributed by atoms with Gasteiger partial charge in [-0.1, -0.05) is 12.1 Å². The molecule has 0 fully saturated rings. The van der Waals surface area contributed by atoms with Crippen LogP contribution in [0.3, 0.4) is 0 Å². The highest BCUT2D eigenvalue weighted by molar-refractivity contribution is 5.85. The van der Waals surface area contributed by atoms with E-state index in [1.165, 1.54) is 29.2 Å². The number of amides is 1. The maximum atomic E-state index is 13.9. The summed E-state index contributed by atoms with van der Waals surface area (Å²) < 4.78 is 82.5. The Bertz CT molecular complexity index is 1370.